The van der Waals surface area contributed by atoms with Crippen LogP contribution in [0.4, 0.5) is 33.1 Å². The summed E-state index contributed by atoms with van der Waals surface area (Å²) in [7, 11) is -2.27. The van der Waals surface area contributed by atoms with E-state index in [4.69, 9.17) is 4.84 Å². The fourth-order valence-corrected chi connectivity index (χ4v) is 4.08. The summed E-state index contributed by atoms with van der Waals surface area (Å²) in [6.07, 6.45) is 4.06. The molecule has 0 spiro atoms. The summed E-state index contributed by atoms with van der Waals surface area (Å²) in [5.74, 6) is -0.250. The van der Waals surface area contributed by atoms with Crippen LogP contribution in [0.2, 0.25) is 0 Å². The highest BCUT2D eigenvalue weighted by molar-refractivity contribution is 7.92. The van der Waals surface area contributed by atoms with Crippen LogP contribution >= 0.6 is 0 Å². The van der Waals surface area contributed by atoms with Gasteiger partial charge in [-0.25, -0.2) is 23.3 Å². The number of carbonyl (C=O) groups is 1. The Hall–Kier alpha value is -3.84. The molecule has 3 aromatic rings. The number of nitrogens with zero attached hydrogens (tertiary/aromatic N) is 4. The Labute approximate surface area is 214 Å². The van der Waals surface area contributed by atoms with Crippen LogP contribution in [-0.4, -0.2) is 49.4 Å². The lowest BCUT2D eigenvalue weighted by molar-refractivity contribution is 0.0365. The molecule has 2 aromatic heterocycles. The Kier molecular flexibility index (Phi) is 7.55. The summed E-state index contributed by atoms with van der Waals surface area (Å²) in [6, 6.07) is 7.81. The van der Waals surface area contributed by atoms with Crippen molar-refractivity contribution in [2.45, 2.75) is 32.6 Å². The molecule has 4 rings (SSSR count). The molecule has 1 aliphatic carbocycles. The van der Waals surface area contributed by atoms with Crippen LogP contribution in [0.5, 0.6) is 0 Å². The maximum Gasteiger partial charge on any atom is 0.278 e. The molecule has 1 aromatic carbocycles. The average molecular weight is 530 g/mol. The largest absolute Gasteiger partial charge is 0.353 e. The summed E-state index contributed by atoms with van der Waals surface area (Å²) < 4.78 is 40.9. The second-order valence-electron chi connectivity index (χ2n) is 8.68. The Morgan fingerprint density at radius 3 is 2.51 bits per heavy atom. The zero-order valence-corrected chi connectivity index (χ0v) is 21.7. The van der Waals surface area contributed by atoms with E-state index in [1.165, 1.54) is 25.4 Å². The number of rotatable bonds is 10. The van der Waals surface area contributed by atoms with Crippen LogP contribution in [0.3, 0.4) is 0 Å². The Balaban J connectivity index is 1.77. The van der Waals surface area contributed by atoms with Gasteiger partial charge in [-0.05, 0) is 62.4 Å². The van der Waals surface area contributed by atoms with E-state index in [-0.39, 0.29) is 35.2 Å². The van der Waals surface area contributed by atoms with Gasteiger partial charge in [-0.1, -0.05) is 0 Å². The van der Waals surface area contributed by atoms with Crippen LogP contribution in [-0.2, 0) is 14.9 Å². The van der Waals surface area contributed by atoms with Crippen molar-refractivity contribution in [3.63, 3.8) is 0 Å². The summed E-state index contributed by atoms with van der Waals surface area (Å²) in [4.78, 5) is 22.1. The first-order chi connectivity index (χ1) is 17.6. The molecular weight excluding hydrogens is 501 g/mol. The summed E-state index contributed by atoms with van der Waals surface area (Å²) in [5, 5.41) is 14.1. The van der Waals surface area contributed by atoms with Crippen molar-refractivity contribution in [3.8, 4) is 0 Å². The van der Waals surface area contributed by atoms with Crippen molar-refractivity contribution < 1.29 is 22.4 Å². The van der Waals surface area contributed by atoms with Crippen molar-refractivity contribution in [2.75, 3.05) is 34.8 Å². The molecule has 1 amide bonds. The number of nitrogens with one attached hydrogen (secondary N) is 3. The molecule has 1 fully saturated rings. The molecule has 0 aliphatic heterocycles. The molecule has 196 valence electrons. The molecular formula is C24H28FN7O4S. The normalized spacial score (nSPS) is 13.2. The van der Waals surface area contributed by atoms with Gasteiger partial charge in [0.15, 0.2) is 5.82 Å². The number of hydrogen-bond acceptors (Lipinski definition) is 9. The lowest BCUT2D eigenvalue weighted by atomic mass is 10.1. The van der Waals surface area contributed by atoms with Crippen molar-refractivity contribution in [1.29, 1.82) is 0 Å². The van der Waals surface area contributed by atoms with Gasteiger partial charge in [-0.2, -0.15) is 5.10 Å². The van der Waals surface area contributed by atoms with E-state index in [0.717, 1.165) is 29.1 Å². The second kappa shape index (κ2) is 10.6. The molecule has 13 heteroatoms. The maximum atomic E-state index is 15.1. The van der Waals surface area contributed by atoms with Gasteiger partial charge in [0, 0.05) is 19.3 Å². The van der Waals surface area contributed by atoms with Gasteiger partial charge in [0.25, 0.3) is 5.91 Å². The Morgan fingerprint density at radius 2 is 1.89 bits per heavy atom. The highest BCUT2D eigenvalue weighted by Crippen LogP contribution is 2.45. The molecule has 0 atom stereocenters. The van der Waals surface area contributed by atoms with Crippen molar-refractivity contribution >= 4 is 44.6 Å². The SMILES string of the molecule is CCONC(=O)c1cnc(Nc2ccc(C)nn2)cc1Nc1cc(F)c(C2CC2)cc1N(C)S(C)(=O)=O. The number of hydrogen-bond donors (Lipinski definition) is 3. The van der Waals surface area contributed by atoms with E-state index in [1.54, 1.807) is 25.1 Å². The first-order valence-corrected chi connectivity index (χ1v) is 13.5. The molecule has 3 N–H and O–H groups in total. The highest BCUT2D eigenvalue weighted by Gasteiger charge is 2.29. The highest BCUT2D eigenvalue weighted by atomic mass is 32.2. The minimum atomic E-state index is -3.66. The number of carbonyl (C=O) groups excluding carboxylic acids is 1. The number of halogens is 1. The predicted molar refractivity (Wildman–Crippen MR) is 138 cm³/mol. The standard InChI is InChI=1S/C24H28FN7O4S/c1-5-36-31-24(33)17-13-26-23(28-22-9-6-14(2)29-30-22)12-19(17)27-20-11-18(25)16(15-7-8-15)10-21(20)32(3)37(4,34)35/h6,9-13,15H,5,7-8H2,1-4H3,(H,31,33)(H2,26,27,28,30). The van der Waals surface area contributed by atoms with E-state index in [9.17, 15) is 13.2 Å². The topological polar surface area (TPSA) is 138 Å². The Morgan fingerprint density at radius 1 is 1.14 bits per heavy atom. The number of aryl methyl sites for hydroxylation is 1. The van der Waals surface area contributed by atoms with Crippen molar-refractivity contribution in [1.82, 2.24) is 20.7 Å². The van der Waals surface area contributed by atoms with Gasteiger partial charge in [-0.15, -0.1) is 5.10 Å². The predicted octanol–water partition coefficient (Wildman–Crippen LogP) is 3.76. The Bertz CT molecular complexity index is 1410. The number of amides is 1. The number of aromatic nitrogens is 3. The van der Waals surface area contributed by atoms with Gasteiger partial charge in [-0.3, -0.25) is 13.9 Å². The smallest absolute Gasteiger partial charge is 0.278 e. The first-order valence-electron chi connectivity index (χ1n) is 11.6. The van der Waals surface area contributed by atoms with E-state index in [2.05, 4.69) is 31.3 Å². The zero-order valence-electron chi connectivity index (χ0n) is 20.9. The molecule has 2 heterocycles. The quantitative estimate of drug-likeness (QED) is 0.335. The maximum absolute atomic E-state index is 15.1. The van der Waals surface area contributed by atoms with Crippen molar-refractivity contribution in [3.05, 3.63) is 59.2 Å². The zero-order chi connectivity index (χ0) is 26.7. The van der Waals surface area contributed by atoms with Crippen molar-refractivity contribution in [2.24, 2.45) is 0 Å². The summed E-state index contributed by atoms with van der Waals surface area (Å²) in [5.41, 5.74) is 4.24. The lowest BCUT2D eigenvalue weighted by Crippen LogP contribution is -2.26. The number of pyridine rings is 1. The van der Waals surface area contributed by atoms with Crippen LogP contribution in [0.15, 0.2) is 36.5 Å². The van der Waals surface area contributed by atoms with Crippen LogP contribution < -0.4 is 20.4 Å². The molecule has 0 bridgehead atoms. The molecule has 1 aliphatic rings. The van der Waals surface area contributed by atoms with Gasteiger partial charge in [0.2, 0.25) is 10.0 Å². The molecule has 0 radical (unpaired) electrons. The van der Waals surface area contributed by atoms with Gasteiger partial charge < -0.3 is 10.6 Å². The summed E-state index contributed by atoms with van der Waals surface area (Å²) in [6.45, 7) is 3.76. The monoisotopic (exact) mass is 529 g/mol. The van der Waals surface area contributed by atoms with Crippen LogP contribution in [0, 0.1) is 12.7 Å². The molecule has 0 saturated heterocycles. The number of hydroxylamine groups is 1. The number of anilines is 5. The fraction of sp³-hybridized carbons (Fsp3) is 0.333. The number of sulfonamides is 1. The van der Waals surface area contributed by atoms with Gasteiger partial charge in [0.05, 0.1) is 41.2 Å². The lowest BCUT2D eigenvalue weighted by Gasteiger charge is -2.23. The molecule has 0 unspecified atom stereocenters. The van der Waals surface area contributed by atoms with Gasteiger partial charge in [0.1, 0.15) is 11.6 Å². The minimum absolute atomic E-state index is 0.0561. The van der Waals surface area contributed by atoms with Crippen LogP contribution in [0.1, 0.15) is 47.3 Å². The number of benzene rings is 1. The molecule has 37 heavy (non-hydrogen) atoms. The van der Waals surface area contributed by atoms with E-state index in [1.807, 2.05) is 6.92 Å². The van der Waals surface area contributed by atoms with Crippen LogP contribution in [0.25, 0.3) is 0 Å². The van der Waals surface area contributed by atoms with Gasteiger partial charge >= 0.3 is 0 Å². The first kappa shape index (κ1) is 26.2. The minimum Gasteiger partial charge on any atom is -0.353 e. The third-order valence-electron chi connectivity index (χ3n) is 5.75. The fourth-order valence-electron chi connectivity index (χ4n) is 3.57. The summed E-state index contributed by atoms with van der Waals surface area (Å²) >= 11 is 0. The second-order valence-corrected chi connectivity index (χ2v) is 10.7. The average Bonchev–Trinajstić information content (AvgIpc) is 3.69. The van der Waals surface area contributed by atoms with E-state index in [0.29, 0.717) is 17.2 Å². The van der Waals surface area contributed by atoms with E-state index < -0.39 is 21.7 Å². The van der Waals surface area contributed by atoms with E-state index >= 15 is 4.39 Å². The molecule has 1 saturated carbocycles. The third-order valence-corrected chi connectivity index (χ3v) is 6.94. The molecule has 11 nitrogen and oxygen atoms in total. The third kappa shape index (κ3) is 6.30.